The van der Waals surface area contributed by atoms with Crippen molar-refractivity contribution in [2.75, 3.05) is 7.11 Å². The van der Waals surface area contributed by atoms with Crippen molar-refractivity contribution in [2.24, 2.45) is 0 Å². The molecule has 0 saturated heterocycles. The Morgan fingerprint density at radius 1 is 1.00 bits per heavy atom. The summed E-state index contributed by atoms with van der Waals surface area (Å²) in [4.78, 5) is 22.8. The summed E-state index contributed by atoms with van der Waals surface area (Å²) in [6.45, 7) is 0. The van der Waals surface area contributed by atoms with Crippen LogP contribution < -0.4 is 4.74 Å². The van der Waals surface area contributed by atoms with Gasteiger partial charge in [0, 0.05) is 11.6 Å². The first kappa shape index (κ1) is 11.0. The van der Waals surface area contributed by atoms with Crippen LogP contribution in [0, 0.1) is 0 Å². The van der Waals surface area contributed by atoms with E-state index in [2.05, 4.69) is 0 Å². The molecule has 1 aromatic rings. The lowest BCUT2D eigenvalue weighted by molar-refractivity contribution is -0.114. The zero-order chi connectivity index (χ0) is 12.7. The van der Waals surface area contributed by atoms with Gasteiger partial charge in [-0.2, -0.15) is 0 Å². The zero-order valence-corrected chi connectivity index (χ0v) is 8.72. The SMILES string of the molecule is COc1cc(O)c2c(c1)C(O)=C(O)C(=O)C2=O. The van der Waals surface area contributed by atoms with E-state index >= 15 is 0 Å². The van der Waals surface area contributed by atoms with E-state index in [0.29, 0.717) is 0 Å². The molecule has 88 valence electrons. The van der Waals surface area contributed by atoms with Crippen LogP contribution in [0.5, 0.6) is 11.5 Å². The highest BCUT2D eigenvalue weighted by atomic mass is 16.5. The summed E-state index contributed by atoms with van der Waals surface area (Å²) in [6.07, 6.45) is 0. The molecule has 0 radical (unpaired) electrons. The maximum Gasteiger partial charge on any atom is 0.271 e. The van der Waals surface area contributed by atoms with Gasteiger partial charge >= 0.3 is 0 Å². The summed E-state index contributed by atoms with van der Waals surface area (Å²) < 4.78 is 4.84. The number of carbonyl (C=O) groups excluding carboxylic acids is 2. The van der Waals surface area contributed by atoms with E-state index < -0.39 is 28.8 Å². The summed E-state index contributed by atoms with van der Waals surface area (Å²) in [5.74, 6) is -4.42. The number of benzene rings is 1. The van der Waals surface area contributed by atoms with Crippen LogP contribution in [0.25, 0.3) is 5.76 Å². The van der Waals surface area contributed by atoms with Crippen LogP contribution in [0.15, 0.2) is 17.9 Å². The van der Waals surface area contributed by atoms with Crippen LogP contribution in [-0.4, -0.2) is 34.0 Å². The first-order chi connectivity index (χ1) is 7.97. The third-order valence-corrected chi connectivity index (χ3v) is 2.45. The van der Waals surface area contributed by atoms with E-state index in [9.17, 15) is 24.9 Å². The van der Waals surface area contributed by atoms with Crippen molar-refractivity contribution in [2.45, 2.75) is 0 Å². The Balaban J connectivity index is 2.81. The molecule has 0 aromatic heterocycles. The van der Waals surface area contributed by atoms with E-state index in [1.165, 1.54) is 13.2 Å². The number of hydrogen-bond donors (Lipinski definition) is 3. The van der Waals surface area contributed by atoms with Crippen molar-refractivity contribution in [3.63, 3.8) is 0 Å². The molecule has 0 aliphatic heterocycles. The molecule has 0 fully saturated rings. The van der Waals surface area contributed by atoms with Gasteiger partial charge in [0.1, 0.15) is 11.5 Å². The summed E-state index contributed by atoms with van der Waals surface area (Å²) in [6, 6.07) is 2.38. The van der Waals surface area contributed by atoms with Gasteiger partial charge in [-0.1, -0.05) is 0 Å². The van der Waals surface area contributed by atoms with Gasteiger partial charge in [-0.15, -0.1) is 0 Å². The molecule has 0 atom stereocenters. The third-order valence-electron chi connectivity index (χ3n) is 2.45. The second-order valence-corrected chi connectivity index (χ2v) is 3.42. The number of phenols is 1. The van der Waals surface area contributed by atoms with Crippen LogP contribution in [-0.2, 0) is 4.79 Å². The van der Waals surface area contributed by atoms with Gasteiger partial charge in [-0.3, -0.25) is 9.59 Å². The lowest BCUT2D eigenvalue weighted by atomic mass is 9.91. The molecule has 0 heterocycles. The number of carbonyl (C=O) groups is 2. The van der Waals surface area contributed by atoms with Crippen LogP contribution in [0.1, 0.15) is 15.9 Å². The average molecular weight is 236 g/mol. The molecule has 2 rings (SSSR count). The van der Waals surface area contributed by atoms with Gasteiger partial charge < -0.3 is 20.1 Å². The molecule has 1 aliphatic rings. The van der Waals surface area contributed by atoms with Crippen molar-refractivity contribution >= 4 is 17.3 Å². The second-order valence-electron chi connectivity index (χ2n) is 3.42. The zero-order valence-electron chi connectivity index (χ0n) is 8.72. The van der Waals surface area contributed by atoms with Crippen LogP contribution in [0.2, 0.25) is 0 Å². The minimum absolute atomic E-state index is 0.135. The summed E-state index contributed by atoms with van der Waals surface area (Å²) >= 11 is 0. The number of aromatic hydroxyl groups is 1. The highest BCUT2D eigenvalue weighted by Crippen LogP contribution is 2.35. The number of aliphatic hydroxyl groups is 2. The van der Waals surface area contributed by atoms with Crippen molar-refractivity contribution in [3.8, 4) is 11.5 Å². The second kappa shape index (κ2) is 3.51. The van der Waals surface area contributed by atoms with Crippen LogP contribution in [0.3, 0.4) is 0 Å². The maximum atomic E-state index is 11.5. The lowest BCUT2D eigenvalue weighted by Gasteiger charge is -2.16. The molecule has 0 bridgehead atoms. The molecule has 0 unspecified atom stereocenters. The Kier molecular flexibility index (Phi) is 2.27. The first-order valence-corrected chi connectivity index (χ1v) is 4.60. The predicted octanol–water partition coefficient (Wildman–Crippen LogP) is 0.951. The average Bonchev–Trinajstić information content (AvgIpc) is 2.32. The quantitative estimate of drug-likeness (QED) is 0.627. The van der Waals surface area contributed by atoms with Gasteiger partial charge in [-0.05, 0) is 6.07 Å². The molecular formula is C11H8O6. The number of allylic oxidation sites excluding steroid dienone is 1. The number of hydrogen-bond acceptors (Lipinski definition) is 6. The number of ketones is 2. The number of aliphatic hydroxyl groups excluding tert-OH is 2. The minimum Gasteiger partial charge on any atom is -0.507 e. The van der Waals surface area contributed by atoms with E-state index in [4.69, 9.17) is 4.74 Å². The van der Waals surface area contributed by atoms with Crippen LogP contribution >= 0.6 is 0 Å². The maximum absolute atomic E-state index is 11.5. The van der Waals surface area contributed by atoms with Crippen molar-refractivity contribution < 1.29 is 29.6 Å². The predicted molar refractivity (Wildman–Crippen MR) is 56.2 cm³/mol. The number of fused-ring (bicyclic) bond motifs is 1. The fourth-order valence-corrected chi connectivity index (χ4v) is 1.60. The number of phenolic OH excluding ortho intramolecular Hbond substituents is 1. The molecule has 0 spiro atoms. The molecular weight excluding hydrogens is 228 g/mol. The standard InChI is InChI=1S/C11H8O6/c1-17-4-2-5-7(6(12)3-4)9(14)11(16)10(15)8(5)13/h2-3,12-13,15H,1H3. The number of Topliss-reactive ketones (excluding diaryl/α,β-unsaturated/α-hetero) is 2. The normalized spacial score (nSPS) is 14.9. The Labute approximate surface area is 95.4 Å². The first-order valence-electron chi connectivity index (χ1n) is 4.60. The fourth-order valence-electron chi connectivity index (χ4n) is 1.60. The van der Waals surface area contributed by atoms with Gasteiger partial charge in [0.15, 0.2) is 5.76 Å². The Hall–Kier alpha value is -2.50. The summed E-state index contributed by atoms with van der Waals surface area (Å²) in [5, 5.41) is 28.4. The minimum atomic E-state index is -1.25. The molecule has 6 nitrogen and oxygen atoms in total. The van der Waals surface area contributed by atoms with Crippen molar-refractivity contribution in [1.82, 2.24) is 0 Å². The molecule has 0 saturated carbocycles. The Morgan fingerprint density at radius 2 is 1.65 bits per heavy atom. The van der Waals surface area contributed by atoms with E-state index in [-0.39, 0.29) is 16.9 Å². The topological polar surface area (TPSA) is 104 Å². The number of rotatable bonds is 1. The van der Waals surface area contributed by atoms with E-state index in [0.717, 1.165) is 6.07 Å². The van der Waals surface area contributed by atoms with Gasteiger partial charge in [0.2, 0.25) is 11.5 Å². The van der Waals surface area contributed by atoms with Gasteiger partial charge in [-0.25, -0.2) is 0 Å². The molecule has 17 heavy (non-hydrogen) atoms. The number of ether oxygens (including phenoxy) is 1. The molecule has 1 aliphatic carbocycles. The van der Waals surface area contributed by atoms with Crippen molar-refractivity contribution in [1.29, 1.82) is 0 Å². The highest BCUT2D eigenvalue weighted by Gasteiger charge is 2.35. The largest absolute Gasteiger partial charge is 0.507 e. The van der Waals surface area contributed by atoms with Crippen LogP contribution in [0.4, 0.5) is 0 Å². The molecule has 3 N–H and O–H groups in total. The molecule has 1 aromatic carbocycles. The van der Waals surface area contributed by atoms with Crippen molar-refractivity contribution in [3.05, 3.63) is 29.0 Å². The molecule has 0 amide bonds. The third kappa shape index (κ3) is 1.42. The highest BCUT2D eigenvalue weighted by molar-refractivity contribution is 6.52. The Morgan fingerprint density at radius 3 is 2.24 bits per heavy atom. The summed E-state index contributed by atoms with van der Waals surface area (Å²) in [5.41, 5.74) is -0.477. The smallest absolute Gasteiger partial charge is 0.271 e. The van der Waals surface area contributed by atoms with Gasteiger partial charge in [0.25, 0.3) is 5.78 Å². The summed E-state index contributed by atoms with van der Waals surface area (Å²) in [7, 11) is 1.33. The van der Waals surface area contributed by atoms with E-state index in [1.54, 1.807) is 0 Å². The Bertz CT molecular complexity index is 570. The fraction of sp³-hybridized carbons (Fsp3) is 0.0909. The number of methoxy groups -OCH3 is 1. The lowest BCUT2D eigenvalue weighted by Crippen LogP contribution is -2.24. The van der Waals surface area contributed by atoms with E-state index in [1.807, 2.05) is 0 Å². The van der Waals surface area contributed by atoms with Gasteiger partial charge in [0.05, 0.1) is 12.7 Å². The molecule has 6 heteroatoms. The monoisotopic (exact) mass is 236 g/mol.